The van der Waals surface area contributed by atoms with Gasteiger partial charge in [-0.2, -0.15) is 6.92 Å². The molecule has 0 fully saturated rings. The van der Waals surface area contributed by atoms with Crippen LogP contribution in [-0.2, 0) is 19.5 Å². The number of aliphatic hydroxyl groups excluding tert-OH is 1. The van der Waals surface area contributed by atoms with Crippen LogP contribution in [0.5, 0.6) is 0 Å². The Morgan fingerprint density at radius 2 is 1.61 bits per heavy atom. The first-order valence-corrected chi connectivity index (χ1v) is 5.72. The molecule has 0 radical (unpaired) electrons. The van der Waals surface area contributed by atoms with Gasteiger partial charge in [0.05, 0.1) is 6.10 Å². The SMILES string of the molecule is CC(C)(C)/C=C/[C@H](O)c1ccc(F)cc1.[CH2-]C.[Zn]. The largest absolute Gasteiger partial charge is 0.384 e. The predicted molar refractivity (Wildman–Crippen MR) is 71.0 cm³/mol. The summed E-state index contributed by atoms with van der Waals surface area (Å²) in [7, 11) is 0. The first-order valence-electron chi connectivity index (χ1n) is 5.72. The normalized spacial score (nSPS) is 12.4. The van der Waals surface area contributed by atoms with Gasteiger partial charge in [-0.25, -0.2) is 4.39 Å². The molecule has 0 spiro atoms. The number of hydrogen-bond donors (Lipinski definition) is 1. The van der Waals surface area contributed by atoms with Crippen molar-refractivity contribution in [1.82, 2.24) is 0 Å². The maximum atomic E-state index is 12.6. The fraction of sp³-hybridized carbons (Fsp3) is 0.400. The summed E-state index contributed by atoms with van der Waals surface area (Å²) in [5, 5.41) is 9.77. The first-order chi connectivity index (χ1) is 7.88. The van der Waals surface area contributed by atoms with Crippen molar-refractivity contribution < 1.29 is 29.0 Å². The number of allylic oxidation sites excluding steroid dienone is 1. The Bertz CT molecular complexity index is 339. The van der Waals surface area contributed by atoms with Crippen LogP contribution < -0.4 is 0 Å². The molecule has 0 saturated heterocycles. The van der Waals surface area contributed by atoms with Gasteiger partial charge in [0.1, 0.15) is 5.82 Å². The van der Waals surface area contributed by atoms with Crippen LogP contribution in [0.25, 0.3) is 0 Å². The minimum atomic E-state index is -0.662. The topological polar surface area (TPSA) is 20.2 Å². The molecule has 0 aliphatic carbocycles. The van der Waals surface area contributed by atoms with Crippen molar-refractivity contribution in [2.45, 2.75) is 33.8 Å². The Hall–Kier alpha value is -0.527. The van der Waals surface area contributed by atoms with Crippen molar-refractivity contribution in [1.29, 1.82) is 0 Å². The molecule has 0 saturated carbocycles. The second-order valence-corrected chi connectivity index (χ2v) is 4.72. The van der Waals surface area contributed by atoms with E-state index in [0.717, 1.165) is 0 Å². The number of hydrogen-bond acceptors (Lipinski definition) is 1. The monoisotopic (exact) mass is 301 g/mol. The van der Waals surface area contributed by atoms with Crippen molar-refractivity contribution >= 4 is 0 Å². The van der Waals surface area contributed by atoms with Gasteiger partial charge in [0.2, 0.25) is 0 Å². The summed E-state index contributed by atoms with van der Waals surface area (Å²) in [6.45, 7) is 11.2. The van der Waals surface area contributed by atoms with E-state index >= 15 is 0 Å². The fourth-order valence-corrected chi connectivity index (χ4v) is 1.15. The summed E-state index contributed by atoms with van der Waals surface area (Å²) < 4.78 is 12.6. The van der Waals surface area contributed by atoms with E-state index in [1.807, 2.05) is 6.08 Å². The molecule has 0 aromatic heterocycles. The van der Waals surface area contributed by atoms with E-state index < -0.39 is 6.10 Å². The summed E-state index contributed by atoms with van der Waals surface area (Å²) in [5.41, 5.74) is 0.748. The van der Waals surface area contributed by atoms with Crippen LogP contribution in [0, 0.1) is 18.2 Å². The van der Waals surface area contributed by atoms with Gasteiger partial charge < -0.3 is 12.0 Å². The molecule has 1 nitrogen and oxygen atoms in total. The zero-order valence-corrected chi connectivity index (χ0v) is 14.7. The summed E-state index contributed by atoms with van der Waals surface area (Å²) in [6, 6.07) is 5.88. The van der Waals surface area contributed by atoms with Crippen molar-refractivity contribution in [3.05, 3.63) is 54.7 Å². The molecule has 0 unspecified atom stereocenters. The van der Waals surface area contributed by atoms with Gasteiger partial charge in [-0.15, -0.1) is 0 Å². The van der Waals surface area contributed by atoms with Crippen LogP contribution in [-0.4, -0.2) is 5.11 Å². The fourth-order valence-electron chi connectivity index (χ4n) is 1.15. The van der Waals surface area contributed by atoms with Crippen LogP contribution in [0.15, 0.2) is 36.4 Å². The molecule has 98 valence electrons. The molecule has 0 aliphatic rings. The van der Waals surface area contributed by atoms with Crippen LogP contribution in [0.1, 0.15) is 39.4 Å². The predicted octanol–water partition coefficient (Wildman–Crippen LogP) is 4.30. The Balaban J connectivity index is 0. The van der Waals surface area contributed by atoms with Crippen molar-refractivity contribution in [3.63, 3.8) is 0 Å². The second-order valence-electron chi connectivity index (χ2n) is 4.72. The van der Waals surface area contributed by atoms with Crippen LogP contribution in [0.2, 0.25) is 0 Å². The zero-order valence-electron chi connectivity index (χ0n) is 11.8. The molecule has 1 rings (SSSR count). The summed E-state index contributed by atoms with van der Waals surface area (Å²) in [5.74, 6) is -0.286. The van der Waals surface area contributed by atoms with Crippen LogP contribution in [0.3, 0.4) is 0 Å². The van der Waals surface area contributed by atoms with E-state index in [1.54, 1.807) is 25.1 Å². The summed E-state index contributed by atoms with van der Waals surface area (Å²) in [6.07, 6.45) is 3.01. The Morgan fingerprint density at radius 1 is 1.17 bits per heavy atom. The summed E-state index contributed by atoms with van der Waals surface area (Å²) in [4.78, 5) is 0. The third-order valence-corrected chi connectivity index (χ3v) is 1.99. The zero-order chi connectivity index (χ0) is 13.5. The number of benzene rings is 1. The minimum absolute atomic E-state index is 0. The van der Waals surface area contributed by atoms with E-state index in [1.165, 1.54) is 12.1 Å². The number of rotatable bonds is 2. The quantitative estimate of drug-likeness (QED) is 0.490. The molecule has 1 N–H and O–H groups in total. The third-order valence-electron chi connectivity index (χ3n) is 1.99. The molecule has 0 heterocycles. The Morgan fingerprint density at radius 3 is 2.00 bits per heavy atom. The minimum Gasteiger partial charge on any atom is -0.384 e. The average Bonchev–Trinajstić information content (AvgIpc) is 2.29. The molecular weight excluding hydrogens is 281 g/mol. The van der Waals surface area contributed by atoms with Gasteiger partial charge in [0.15, 0.2) is 0 Å². The van der Waals surface area contributed by atoms with Gasteiger partial charge in [-0.3, -0.25) is 0 Å². The smallest absolute Gasteiger partial charge is 0.123 e. The molecule has 18 heavy (non-hydrogen) atoms. The van der Waals surface area contributed by atoms with Gasteiger partial charge in [-0.05, 0) is 23.1 Å². The number of aliphatic hydroxyl groups is 1. The van der Waals surface area contributed by atoms with E-state index in [-0.39, 0.29) is 30.7 Å². The van der Waals surface area contributed by atoms with Gasteiger partial charge >= 0.3 is 0 Å². The third kappa shape index (κ3) is 8.55. The van der Waals surface area contributed by atoms with E-state index in [2.05, 4.69) is 27.7 Å². The summed E-state index contributed by atoms with van der Waals surface area (Å²) >= 11 is 0. The van der Waals surface area contributed by atoms with Gasteiger partial charge in [-0.1, -0.05) is 45.1 Å². The van der Waals surface area contributed by atoms with Crippen molar-refractivity contribution in [2.75, 3.05) is 0 Å². The van der Waals surface area contributed by atoms with Gasteiger partial charge in [0.25, 0.3) is 0 Å². The molecule has 1 aromatic rings. The Labute approximate surface area is 123 Å². The van der Waals surface area contributed by atoms with Crippen LogP contribution in [0.4, 0.5) is 4.39 Å². The first kappa shape index (κ1) is 19.8. The second kappa shape index (κ2) is 9.41. The van der Waals surface area contributed by atoms with E-state index in [4.69, 9.17) is 0 Å². The molecular formula is C15H22FOZn-. The van der Waals surface area contributed by atoms with Crippen molar-refractivity contribution in [2.24, 2.45) is 5.41 Å². The maximum Gasteiger partial charge on any atom is 0.123 e. The molecule has 1 aromatic carbocycles. The van der Waals surface area contributed by atoms with Crippen LogP contribution >= 0.6 is 0 Å². The van der Waals surface area contributed by atoms with E-state index in [9.17, 15) is 9.50 Å². The van der Waals surface area contributed by atoms with Crippen molar-refractivity contribution in [3.8, 4) is 0 Å². The molecule has 3 heteroatoms. The van der Waals surface area contributed by atoms with Gasteiger partial charge in [0, 0.05) is 19.5 Å². The van der Waals surface area contributed by atoms with E-state index in [0.29, 0.717) is 5.56 Å². The molecule has 0 bridgehead atoms. The number of halogens is 1. The molecule has 0 aliphatic heterocycles. The Kier molecular flexibility index (Phi) is 10.4. The maximum absolute atomic E-state index is 12.6. The standard InChI is InChI=1S/C13H17FO.C2H5.Zn/c1-13(2,3)9-8-12(15)10-4-6-11(14)7-5-10;1-2;/h4-9,12,15H,1-3H3;1H2,2H3;/q;-1;/b9-8+;;/t12-;;/m0../s1. The molecule has 0 amide bonds. The average molecular weight is 303 g/mol. The molecule has 1 atom stereocenters.